The first-order chi connectivity index (χ1) is 24.8. The molecule has 0 amide bonds. The lowest BCUT2D eigenvalue weighted by molar-refractivity contribution is -0.156. The van der Waals surface area contributed by atoms with E-state index >= 15 is 0 Å². The van der Waals surface area contributed by atoms with Crippen LogP contribution in [0.1, 0.15) is 50.7 Å². The molecule has 2 atom stereocenters. The van der Waals surface area contributed by atoms with Gasteiger partial charge in [-0.2, -0.15) is 0 Å². The molecule has 4 rings (SSSR count). The van der Waals surface area contributed by atoms with Crippen LogP contribution in [-0.4, -0.2) is 66.2 Å². The van der Waals surface area contributed by atoms with E-state index in [0.29, 0.717) is 21.1 Å². The van der Waals surface area contributed by atoms with Crippen molar-refractivity contribution in [1.29, 1.82) is 0 Å². The molecule has 0 N–H and O–H groups in total. The molecule has 15 heteroatoms. The number of ether oxygens (including phenoxy) is 6. The van der Waals surface area contributed by atoms with Crippen molar-refractivity contribution in [3.63, 3.8) is 0 Å². The van der Waals surface area contributed by atoms with Crippen LogP contribution >= 0.6 is 11.3 Å². The number of rotatable bonds is 17. The van der Waals surface area contributed by atoms with Crippen molar-refractivity contribution in [1.82, 2.24) is 4.98 Å². The van der Waals surface area contributed by atoms with Crippen LogP contribution in [0.2, 0.25) is 0 Å². The zero-order chi connectivity index (χ0) is 37.9. The van der Waals surface area contributed by atoms with E-state index < -0.39 is 48.0 Å². The predicted octanol–water partition coefficient (Wildman–Crippen LogP) is 6.02. The molecule has 2 aromatic heterocycles. The highest BCUT2D eigenvalue weighted by Gasteiger charge is 2.23. The summed E-state index contributed by atoms with van der Waals surface area (Å²) in [4.78, 5) is 77.3. The first kappa shape index (κ1) is 39.0. The van der Waals surface area contributed by atoms with Crippen molar-refractivity contribution in [2.75, 3.05) is 13.2 Å². The summed E-state index contributed by atoms with van der Waals surface area (Å²) in [5, 5.41) is 1.30. The number of nitrogens with zero attached hydrogens (tertiary/aromatic N) is 1. The number of benzene rings is 2. The fraction of sp³-hybridized carbons (Fsp3) is 0.324. The van der Waals surface area contributed by atoms with Gasteiger partial charge in [-0.05, 0) is 63.1 Å². The number of aromatic nitrogens is 1. The van der Waals surface area contributed by atoms with Crippen LogP contribution in [-0.2, 0) is 47.7 Å². The first-order valence-electron chi connectivity index (χ1n) is 16.1. The van der Waals surface area contributed by atoms with Crippen LogP contribution in [0, 0.1) is 13.8 Å². The lowest BCUT2D eigenvalue weighted by atomic mass is 10.1. The van der Waals surface area contributed by atoms with Crippen LogP contribution in [0.3, 0.4) is 0 Å². The Kier molecular flexibility index (Phi) is 13.4. The third-order valence-corrected chi connectivity index (χ3v) is 8.19. The molecule has 0 radical (unpaired) electrons. The van der Waals surface area contributed by atoms with Gasteiger partial charge in [0, 0.05) is 17.5 Å². The Bertz CT molecular complexity index is 1930. The topological polar surface area (TPSA) is 184 Å². The monoisotopic (exact) mass is 735 g/mol. The van der Waals surface area contributed by atoms with Gasteiger partial charge >= 0.3 is 35.8 Å². The number of thiazole rings is 1. The maximum absolute atomic E-state index is 12.8. The Morgan fingerprint density at radius 1 is 0.769 bits per heavy atom. The van der Waals surface area contributed by atoms with Gasteiger partial charge in [-0.1, -0.05) is 19.2 Å². The van der Waals surface area contributed by atoms with Crippen LogP contribution in [0.15, 0.2) is 60.1 Å². The molecule has 0 aliphatic rings. The van der Waals surface area contributed by atoms with E-state index in [-0.39, 0.29) is 55.9 Å². The van der Waals surface area contributed by atoms with Gasteiger partial charge in [-0.25, -0.2) is 14.6 Å². The Morgan fingerprint density at radius 2 is 1.29 bits per heavy atom. The van der Waals surface area contributed by atoms with Crippen molar-refractivity contribution in [3.05, 3.63) is 66.8 Å². The molecule has 0 bridgehead atoms. The molecule has 0 saturated carbocycles. The molecule has 0 spiro atoms. The van der Waals surface area contributed by atoms with Crippen molar-refractivity contribution < 1.29 is 61.6 Å². The van der Waals surface area contributed by atoms with E-state index in [2.05, 4.69) is 18.1 Å². The molecular weight excluding hydrogens is 698 g/mol. The zero-order valence-electron chi connectivity index (χ0n) is 29.0. The van der Waals surface area contributed by atoms with Gasteiger partial charge in [-0.3, -0.25) is 19.2 Å². The van der Waals surface area contributed by atoms with Gasteiger partial charge < -0.3 is 32.8 Å². The number of furan rings is 1. The number of esters is 6. The SMILES string of the molecule is C=CC(=O)OCC(C)OC(=O)CCC(=O)Oc1ccc(OC(=O)CCC(=O)OC(C)COC(=O)C=C)c2sc(-c3cc4c(C)cc(C)cc4o3)nc12. The lowest BCUT2D eigenvalue weighted by Gasteiger charge is -2.13. The van der Waals surface area contributed by atoms with Crippen molar-refractivity contribution in [2.45, 2.75) is 65.6 Å². The molecule has 52 heavy (non-hydrogen) atoms. The maximum atomic E-state index is 12.8. The Balaban J connectivity index is 1.49. The van der Waals surface area contributed by atoms with E-state index in [4.69, 9.17) is 32.8 Å². The van der Waals surface area contributed by atoms with Crippen LogP contribution in [0.25, 0.3) is 32.0 Å². The fourth-order valence-corrected chi connectivity index (χ4v) is 5.71. The molecule has 274 valence electrons. The normalized spacial score (nSPS) is 12.0. The predicted molar refractivity (Wildman–Crippen MR) is 187 cm³/mol. The van der Waals surface area contributed by atoms with E-state index in [0.717, 1.165) is 40.0 Å². The van der Waals surface area contributed by atoms with Crippen LogP contribution in [0.5, 0.6) is 11.5 Å². The summed E-state index contributed by atoms with van der Waals surface area (Å²) in [5.41, 5.74) is 2.87. The standard InChI is InChI=1S/C37H37NO13S/c1-7-29(39)45-18-22(5)47-31(41)11-13-33(43)50-25-9-10-26(51-34(44)14-12-32(42)48-23(6)19-46-30(40)8-2)36-35(25)38-37(52-36)28-17-24-21(4)15-20(3)16-27(24)49-28/h7-10,15-17,22-23H,1-2,11-14,18-19H2,3-6H3. The Morgan fingerprint density at radius 3 is 1.85 bits per heavy atom. The average Bonchev–Trinajstić information content (AvgIpc) is 3.75. The van der Waals surface area contributed by atoms with Gasteiger partial charge in [-0.15, -0.1) is 11.3 Å². The number of carbonyl (C=O) groups is 6. The van der Waals surface area contributed by atoms with Gasteiger partial charge in [0.1, 0.15) is 41.2 Å². The summed E-state index contributed by atoms with van der Waals surface area (Å²) in [5.74, 6) is -3.65. The Labute approximate surface area is 302 Å². The summed E-state index contributed by atoms with van der Waals surface area (Å²) < 4.78 is 37.7. The van der Waals surface area contributed by atoms with E-state index in [1.54, 1.807) is 0 Å². The minimum absolute atomic E-state index is 0.0400. The molecule has 14 nitrogen and oxygen atoms in total. The number of aryl methyl sites for hydroxylation is 2. The van der Waals surface area contributed by atoms with Gasteiger partial charge in [0.25, 0.3) is 0 Å². The second-order valence-corrected chi connectivity index (χ2v) is 12.6. The number of fused-ring (bicyclic) bond motifs is 2. The third kappa shape index (κ3) is 10.8. The molecule has 0 aliphatic carbocycles. The van der Waals surface area contributed by atoms with Crippen molar-refractivity contribution in [3.8, 4) is 22.3 Å². The van der Waals surface area contributed by atoms with Gasteiger partial charge in [0.2, 0.25) is 0 Å². The van der Waals surface area contributed by atoms with Gasteiger partial charge in [0.15, 0.2) is 22.3 Å². The quantitative estimate of drug-likeness (QED) is 0.0531. The van der Waals surface area contributed by atoms with E-state index in [1.807, 2.05) is 32.0 Å². The zero-order valence-corrected chi connectivity index (χ0v) is 29.8. The number of carbonyl (C=O) groups excluding carboxylic acids is 6. The molecule has 0 aliphatic heterocycles. The maximum Gasteiger partial charge on any atom is 0.330 e. The van der Waals surface area contributed by atoms with Crippen molar-refractivity contribution in [2.24, 2.45) is 0 Å². The molecule has 2 aromatic carbocycles. The summed E-state index contributed by atoms with van der Waals surface area (Å²) in [6.07, 6.45) is -0.784. The van der Waals surface area contributed by atoms with E-state index in [9.17, 15) is 28.8 Å². The number of hydrogen-bond acceptors (Lipinski definition) is 15. The molecule has 4 aromatic rings. The second kappa shape index (κ2) is 17.9. The average molecular weight is 736 g/mol. The van der Waals surface area contributed by atoms with E-state index in [1.165, 1.54) is 26.0 Å². The minimum Gasteiger partial charge on any atom is -0.459 e. The summed E-state index contributed by atoms with van der Waals surface area (Å²) in [6, 6.07) is 8.59. The van der Waals surface area contributed by atoms with Gasteiger partial charge in [0.05, 0.1) is 25.7 Å². The highest BCUT2D eigenvalue weighted by atomic mass is 32.1. The summed E-state index contributed by atoms with van der Waals surface area (Å²) in [6.45, 7) is 13.2. The Hall–Kier alpha value is -5.83. The first-order valence-corrected chi connectivity index (χ1v) is 16.9. The molecule has 0 saturated heterocycles. The lowest BCUT2D eigenvalue weighted by Crippen LogP contribution is -2.22. The van der Waals surface area contributed by atoms with Crippen LogP contribution in [0.4, 0.5) is 0 Å². The smallest absolute Gasteiger partial charge is 0.330 e. The molecule has 0 fully saturated rings. The summed E-state index contributed by atoms with van der Waals surface area (Å²) in [7, 11) is 0. The highest BCUT2D eigenvalue weighted by molar-refractivity contribution is 7.22. The molecule has 2 unspecified atom stereocenters. The minimum atomic E-state index is -0.759. The molecular formula is C37H37NO13S. The molecule has 2 heterocycles. The van der Waals surface area contributed by atoms with Crippen molar-refractivity contribution >= 4 is 68.3 Å². The highest BCUT2D eigenvalue weighted by Crippen LogP contribution is 2.42. The summed E-state index contributed by atoms with van der Waals surface area (Å²) >= 11 is 1.13. The third-order valence-electron chi connectivity index (χ3n) is 7.10. The second-order valence-electron chi connectivity index (χ2n) is 11.6. The number of hydrogen-bond donors (Lipinski definition) is 0. The largest absolute Gasteiger partial charge is 0.459 e. The fourth-order valence-electron chi connectivity index (χ4n) is 4.73. The van der Waals surface area contributed by atoms with Crippen LogP contribution < -0.4 is 9.47 Å².